The van der Waals surface area contributed by atoms with Gasteiger partial charge in [-0.25, -0.2) is 4.98 Å². The van der Waals surface area contributed by atoms with Gasteiger partial charge in [-0.3, -0.25) is 9.36 Å². The van der Waals surface area contributed by atoms with E-state index in [9.17, 15) is 9.90 Å². The molecule has 0 radical (unpaired) electrons. The number of hydrogen-bond donors (Lipinski definition) is 2. The van der Waals surface area contributed by atoms with Crippen LogP contribution in [0, 0.1) is 0 Å². The SMILES string of the molecule is O=C1c2ncn([C@@H]3O[C@H](COC(c4ccccc4)(c4ccccc4)c4ccccc4)[C@@H](O)[C@H]3OC(c3ccccc3)(c3ccccc3)c3ccccc3)c2NCN1Cc1ccccc1. The molecule has 7 aromatic carbocycles. The summed E-state index contributed by atoms with van der Waals surface area (Å²) < 4.78 is 23.8. The van der Waals surface area contributed by atoms with E-state index in [0.29, 0.717) is 12.4 Å². The standard InChI is InChI=1S/C55H48N4O5/c60-49-47(37-62-54(41-24-10-2-11-25-41,42-26-12-3-13-27-42)43-28-14-4-15-29-43)63-53(59-39-56-48-51(59)57-38-58(52(48)61)36-40-22-8-1-9-23-40)50(49)64-55(44-30-16-5-17-31-44,45-32-18-6-19-33-45)46-34-20-7-21-35-46/h1-35,39,47,49-50,53,57,60H,36-38H2/t47-,49-,50-,53-/m1/s1. The summed E-state index contributed by atoms with van der Waals surface area (Å²) in [4.78, 5) is 20.6. The van der Waals surface area contributed by atoms with Gasteiger partial charge in [0.2, 0.25) is 0 Å². The lowest BCUT2D eigenvalue weighted by atomic mass is 9.79. The van der Waals surface area contributed by atoms with E-state index in [1.807, 2.05) is 176 Å². The van der Waals surface area contributed by atoms with E-state index >= 15 is 0 Å². The van der Waals surface area contributed by atoms with Gasteiger partial charge in [0.1, 0.15) is 35.3 Å². The van der Waals surface area contributed by atoms with Gasteiger partial charge in [-0.1, -0.05) is 212 Å². The van der Waals surface area contributed by atoms with Gasteiger partial charge in [-0.05, 0) is 38.9 Å². The molecule has 2 N–H and O–H groups in total. The van der Waals surface area contributed by atoms with Crippen molar-refractivity contribution in [3.63, 3.8) is 0 Å². The summed E-state index contributed by atoms with van der Waals surface area (Å²) >= 11 is 0. The zero-order chi connectivity index (χ0) is 43.4. The zero-order valence-corrected chi connectivity index (χ0v) is 35.1. The second kappa shape index (κ2) is 17.9. The largest absolute Gasteiger partial charge is 0.387 e. The highest BCUT2D eigenvalue weighted by Crippen LogP contribution is 2.48. The number of aliphatic hydroxyl groups excluding tert-OH is 1. The smallest absolute Gasteiger partial charge is 0.278 e. The quantitative estimate of drug-likeness (QED) is 0.105. The molecular formula is C55H48N4O5. The third-order valence-electron chi connectivity index (χ3n) is 12.4. The van der Waals surface area contributed by atoms with Crippen molar-refractivity contribution in [2.24, 2.45) is 0 Å². The molecule has 0 aliphatic carbocycles. The number of aromatic nitrogens is 2. The molecular weight excluding hydrogens is 797 g/mol. The van der Waals surface area contributed by atoms with Crippen molar-refractivity contribution >= 4 is 11.7 Å². The number of imidazole rings is 1. The Morgan fingerprint density at radius 3 is 1.44 bits per heavy atom. The van der Waals surface area contributed by atoms with Crippen molar-refractivity contribution in [3.8, 4) is 0 Å². The van der Waals surface area contributed by atoms with Gasteiger partial charge in [-0.2, -0.15) is 0 Å². The third-order valence-corrected chi connectivity index (χ3v) is 12.4. The Morgan fingerprint density at radius 2 is 1.00 bits per heavy atom. The van der Waals surface area contributed by atoms with Gasteiger partial charge in [-0.15, -0.1) is 0 Å². The molecule has 2 aliphatic rings. The molecule has 1 aromatic heterocycles. The summed E-state index contributed by atoms with van der Waals surface area (Å²) in [5, 5.41) is 16.4. The van der Waals surface area contributed by atoms with Crippen LogP contribution in [0.2, 0.25) is 0 Å². The lowest BCUT2D eigenvalue weighted by molar-refractivity contribution is -0.123. The van der Waals surface area contributed by atoms with E-state index in [4.69, 9.17) is 19.2 Å². The second-order valence-electron chi connectivity index (χ2n) is 16.2. The molecule has 3 heterocycles. The van der Waals surface area contributed by atoms with E-state index in [1.54, 1.807) is 15.8 Å². The predicted molar refractivity (Wildman–Crippen MR) is 246 cm³/mol. The number of anilines is 1. The molecule has 2 aliphatic heterocycles. The van der Waals surface area contributed by atoms with E-state index in [2.05, 4.69) is 41.7 Å². The number of aliphatic hydroxyl groups is 1. The van der Waals surface area contributed by atoms with Crippen molar-refractivity contribution in [2.75, 3.05) is 18.6 Å². The maximum Gasteiger partial charge on any atom is 0.278 e. The van der Waals surface area contributed by atoms with Crippen molar-refractivity contribution in [3.05, 3.63) is 263 Å². The Kier molecular flexibility index (Phi) is 11.5. The summed E-state index contributed by atoms with van der Waals surface area (Å²) in [6, 6.07) is 70.5. The first-order valence-corrected chi connectivity index (χ1v) is 21.7. The lowest BCUT2D eigenvalue weighted by Gasteiger charge is -2.40. The van der Waals surface area contributed by atoms with Gasteiger partial charge in [0.15, 0.2) is 11.9 Å². The van der Waals surface area contributed by atoms with Crippen LogP contribution in [0.1, 0.15) is 55.7 Å². The Balaban J connectivity index is 1.09. The maximum absolute atomic E-state index is 14.1. The van der Waals surface area contributed by atoms with Crippen molar-refractivity contribution < 1.29 is 24.1 Å². The number of benzene rings is 7. The summed E-state index contributed by atoms with van der Waals surface area (Å²) in [5.74, 6) is 0.274. The molecule has 10 rings (SSSR count). The number of ether oxygens (including phenoxy) is 3. The van der Waals surface area contributed by atoms with Crippen LogP contribution >= 0.6 is 0 Å². The minimum absolute atomic E-state index is 0.0285. The number of carbonyl (C=O) groups is 1. The molecule has 0 spiro atoms. The van der Waals surface area contributed by atoms with Crippen LogP contribution in [0.25, 0.3) is 0 Å². The molecule has 4 atom stereocenters. The minimum Gasteiger partial charge on any atom is -0.387 e. The molecule has 0 saturated carbocycles. The highest BCUT2D eigenvalue weighted by Gasteiger charge is 2.53. The molecule has 9 nitrogen and oxygen atoms in total. The first-order chi connectivity index (χ1) is 31.6. The van der Waals surface area contributed by atoms with E-state index < -0.39 is 35.7 Å². The Morgan fingerprint density at radius 1 is 0.594 bits per heavy atom. The van der Waals surface area contributed by atoms with E-state index in [0.717, 1.165) is 38.9 Å². The molecule has 0 bridgehead atoms. The number of nitrogens with zero attached hydrogens (tertiary/aromatic N) is 3. The van der Waals surface area contributed by atoms with Crippen LogP contribution in [0.15, 0.2) is 219 Å². The highest BCUT2D eigenvalue weighted by molar-refractivity contribution is 5.98. The summed E-state index contributed by atoms with van der Waals surface area (Å²) in [6.45, 7) is 0.636. The third kappa shape index (κ3) is 7.48. The van der Waals surface area contributed by atoms with Crippen LogP contribution < -0.4 is 5.32 Å². The monoisotopic (exact) mass is 844 g/mol. The molecule has 318 valence electrons. The molecule has 1 fully saturated rings. The number of fused-ring (bicyclic) bond motifs is 1. The van der Waals surface area contributed by atoms with Crippen molar-refractivity contribution in [1.29, 1.82) is 0 Å². The Bertz CT molecular complexity index is 2570. The van der Waals surface area contributed by atoms with Gasteiger partial charge in [0.05, 0.1) is 19.6 Å². The molecule has 1 amide bonds. The first kappa shape index (κ1) is 40.9. The lowest BCUT2D eigenvalue weighted by Crippen LogP contribution is -2.45. The second-order valence-corrected chi connectivity index (χ2v) is 16.2. The number of nitrogens with one attached hydrogen (secondary N) is 1. The van der Waals surface area contributed by atoms with E-state index in [-0.39, 0.29) is 24.9 Å². The van der Waals surface area contributed by atoms with Gasteiger partial charge in [0.25, 0.3) is 5.91 Å². The average Bonchev–Trinajstić information content (AvgIpc) is 3.94. The van der Waals surface area contributed by atoms with Crippen LogP contribution in [-0.2, 0) is 32.0 Å². The highest BCUT2D eigenvalue weighted by atomic mass is 16.6. The Hall–Kier alpha value is -7.14. The molecule has 64 heavy (non-hydrogen) atoms. The van der Waals surface area contributed by atoms with Crippen LogP contribution in [0.4, 0.5) is 5.82 Å². The normalized spacial score (nSPS) is 18.6. The topological polar surface area (TPSA) is 98.1 Å². The predicted octanol–water partition coefficient (Wildman–Crippen LogP) is 9.55. The fraction of sp³-hybridized carbons (Fsp3) is 0.164. The maximum atomic E-state index is 14.1. The summed E-state index contributed by atoms with van der Waals surface area (Å²) in [6.07, 6.45) is -2.51. The molecule has 9 heteroatoms. The summed E-state index contributed by atoms with van der Waals surface area (Å²) in [5.41, 5.74) is 4.35. The fourth-order valence-electron chi connectivity index (χ4n) is 9.32. The number of rotatable bonds is 14. The molecule has 0 unspecified atom stereocenters. The number of hydrogen-bond acceptors (Lipinski definition) is 7. The number of carbonyl (C=O) groups excluding carboxylic acids is 1. The first-order valence-electron chi connectivity index (χ1n) is 21.7. The van der Waals surface area contributed by atoms with Crippen molar-refractivity contribution in [2.45, 2.75) is 42.3 Å². The Labute approximate surface area is 373 Å². The zero-order valence-electron chi connectivity index (χ0n) is 35.1. The van der Waals surface area contributed by atoms with Crippen LogP contribution in [0.5, 0.6) is 0 Å². The van der Waals surface area contributed by atoms with Gasteiger partial charge >= 0.3 is 0 Å². The van der Waals surface area contributed by atoms with Gasteiger partial charge in [0, 0.05) is 6.54 Å². The molecule has 8 aromatic rings. The molecule has 1 saturated heterocycles. The minimum atomic E-state index is -1.23. The number of amides is 1. The van der Waals surface area contributed by atoms with Crippen LogP contribution in [-0.4, -0.2) is 57.1 Å². The van der Waals surface area contributed by atoms with Crippen LogP contribution in [0.3, 0.4) is 0 Å². The summed E-state index contributed by atoms with van der Waals surface area (Å²) in [7, 11) is 0. The fourth-order valence-corrected chi connectivity index (χ4v) is 9.32. The van der Waals surface area contributed by atoms with Crippen molar-refractivity contribution in [1.82, 2.24) is 14.5 Å². The van der Waals surface area contributed by atoms with Gasteiger partial charge < -0.3 is 29.5 Å². The van der Waals surface area contributed by atoms with E-state index in [1.165, 1.54) is 0 Å². The average molecular weight is 845 g/mol.